The summed E-state index contributed by atoms with van der Waals surface area (Å²) in [6.45, 7) is 2.84. The smallest absolute Gasteiger partial charge is 0.341 e. The largest absolute Gasteiger partial charge is 0.509 e. The van der Waals surface area contributed by atoms with Crippen molar-refractivity contribution in [2.45, 2.75) is 37.9 Å². The van der Waals surface area contributed by atoms with Gasteiger partial charge in [-0.3, -0.25) is 4.79 Å². The van der Waals surface area contributed by atoms with Crippen LogP contribution in [-0.2, 0) is 19.1 Å². The zero-order chi connectivity index (χ0) is 30.6. The van der Waals surface area contributed by atoms with Gasteiger partial charge in [-0.1, -0.05) is 115 Å². The van der Waals surface area contributed by atoms with Crippen molar-refractivity contribution < 1.29 is 34.4 Å². The lowest BCUT2D eigenvalue weighted by molar-refractivity contribution is -0.181. The molecule has 0 saturated carbocycles. The molecule has 0 aromatic heterocycles. The fourth-order valence-corrected chi connectivity index (χ4v) is 4.48. The Morgan fingerprint density at radius 3 is 2.05 bits per heavy atom. The van der Waals surface area contributed by atoms with Gasteiger partial charge in [0.1, 0.15) is 18.0 Å². The molecule has 0 bridgehead atoms. The van der Waals surface area contributed by atoms with Crippen LogP contribution in [0.3, 0.4) is 0 Å². The van der Waals surface area contributed by atoms with E-state index in [4.69, 9.17) is 9.47 Å². The third-order valence-corrected chi connectivity index (χ3v) is 6.69. The fraction of sp³-hybridized carbons (Fsp3) is 0.235. The average molecular weight is 572 g/mol. The molecule has 3 rings (SSSR count). The van der Waals surface area contributed by atoms with Gasteiger partial charge in [-0.2, -0.15) is 0 Å². The third kappa shape index (κ3) is 8.50. The highest BCUT2D eigenvalue weighted by atomic mass is 16.7. The molecule has 5 atom stereocenters. The summed E-state index contributed by atoms with van der Waals surface area (Å²) in [6.07, 6.45) is 23.8. The maximum atomic E-state index is 13.2. The Labute approximate surface area is 246 Å². The summed E-state index contributed by atoms with van der Waals surface area (Å²) in [7, 11) is 1.30. The number of methoxy groups -OCH3 is 1. The molecule has 4 N–H and O–H groups in total. The number of fused-ring (bicyclic) bond motifs is 1. The van der Waals surface area contributed by atoms with Gasteiger partial charge in [0.05, 0.1) is 17.0 Å². The van der Waals surface area contributed by atoms with E-state index in [9.17, 15) is 24.9 Å². The van der Waals surface area contributed by atoms with Crippen LogP contribution >= 0.6 is 0 Å². The topological polar surface area (TPSA) is 125 Å². The van der Waals surface area contributed by atoms with Gasteiger partial charge in [-0.15, -0.1) is 0 Å². The van der Waals surface area contributed by atoms with Crippen LogP contribution in [-0.4, -0.2) is 52.3 Å². The van der Waals surface area contributed by atoms with Gasteiger partial charge in [0.25, 0.3) is 0 Å². The molecule has 8 heteroatoms. The SMILES string of the molecule is CO[C@H]1C(O)=C2C(=O)O[C@](C)(O)\C=C/C=C\C=C/C=C\[C@@H](c3ccccc3)NC(=O)\C=C/C=C\C=C\C=C/[C@@]2(C)[C@H]1O. The van der Waals surface area contributed by atoms with E-state index >= 15 is 0 Å². The molecule has 1 heterocycles. The van der Waals surface area contributed by atoms with Crippen LogP contribution in [0.1, 0.15) is 25.5 Å². The summed E-state index contributed by atoms with van der Waals surface area (Å²) in [5.41, 5.74) is -0.678. The second kappa shape index (κ2) is 14.9. The minimum Gasteiger partial charge on any atom is -0.509 e. The summed E-state index contributed by atoms with van der Waals surface area (Å²) in [6, 6.07) is 9.23. The number of cyclic esters (lactones) is 1. The van der Waals surface area contributed by atoms with Gasteiger partial charge in [-0.25, -0.2) is 4.79 Å². The van der Waals surface area contributed by atoms with E-state index in [0.29, 0.717) is 0 Å². The number of hydrogen-bond donors (Lipinski definition) is 4. The van der Waals surface area contributed by atoms with Crippen molar-refractivity contribution in [3.05, 3.63) is 144 Å². The molecular formula is C34H37NO7. The molecule has 0 fully saturated rings. The van der Waals surface area contributed by atoms with Crippen LogP contribution < -0.4 is 5.32 Å². The first-order chi connectivity index (χ1) is 20.1. The molecule has 220 valence electrons. The first-order valence-corrected chi connectivity index (χ1v) is 13.4. The van der Waals surface area contributed by atoms with Crippen molar-refractivity contribution in [3.8, 4) is 0 Å². The van der Waals surface area contributed by atoms with Crippen LogP contribution in [0.25, 0.3) is 0 Å². The Hall–Kier alpha value is -4.50. The van der Waals surface area contributed by atoms with Crippen LogP contribution in [0.15, 0.2) is 139 Å². The number of ether oxygens (including phenoxy) is 2. The first kappa shape index (κ1) is 32.0. The van der Waals surface area contributed by atoms with Crippen molar-refractivity contribution in [1.29, 1.82) is 0 Å². The van der Waals surface area contributed by atoms with Crippen molar-refractivity contribution in [2.24, 2.45) is 5.41 Å². The molecule has 1 aromatic rings. The normalized spacial score (nSPS) is 35.4. The number of aliphatic hydroxyl groups is 3. The quantitative estimate of drug-likeness (QED) is 0.377. The lowest BCUT2D eigenvalue weighted by Crippen LogP contribution is -2.39. The first-order valence-electron chi connectivity index (χ1n) is 13.4. The summed E-state index contributed by atoms with van der Waals surface area (Å²) >= 11 is 0. The van der Waals surface area contributed by atoms with E-state index in [1.54, 1.807) is 73.8 Å². The standard InChI is InChI=1S/C34H37NO7/c1-33-23-17-10-6-5-9-16-22-27(36)35-26(25-19-13-12-14-20-25)21-15-8-4-7-11-18-24-34(2,40)42-32(39)28(33)29(37)30(41-3)31(33)38/h4-24,26,30-31,37-38,40H,1-3H3,(H,35,36)/b8-4-,9-5-,10-6+,11-7-,21-15-,22-16-,23-17-,24-18-/t26-,30-,31-,33+,34-/m0/s1. The Kier molecular flexibility index (Phi) is 11.4. The molecule has 8 nitrogen and oxygen atoms in total. The molecule has 1 amide bonds. The Morgan fingerprint density at radius 1 is 0.833 bits per heavy atom. The number of hydrogen-bond acceptors (Lipinski definition) is 7. The molecule has 42 heavy (non-hydrogen) atoms. The molecule has 0 saturated heterocycles. The summed E-state index contributed by atoms with van der Waals surface area (Å²) < 4.78 is 10.5. The number of aliphatic hydroxyl groups excluding tert-OH is 2. The summed E-state index contributed by atoms with van der Waals surface area (Å²) in [5, 5.41) is 35.3. The Morgan fingerprint density at radius 2 is 1.40 bits per heavy atom. The Balaban J connectivity index is 1.92. The van der Waals surface area contributed by atoms with Gasteiger partial charge in [0.15, 0.2) is 0 Å². The van der Waals surface area contributed by atoms with Crippen molar-refractivity contribution in [2.75, 3.05) is 7.11 Å². The number of benzene rings is 1. The number of esters is 1. The van der Waals surface area contributed by atoms with Crippen LogP contribution in [0.2, 0.25) is 0 Å². The number of carbonyl (C=O) groups is 2. The second-order valence-electron chi connectivity index (χ2n) is 9.99. The number of allylic oxidation sites excluding steroid dienone is 12. The number of nitrogens with one attached hydrogen (secondary N) is 1. The van der Waals surface area contributed by atoms with E-state index in [1.165, 1.54) is 32.3 Å². The van der Waals surface area contributed by atoms with Gasteiger partial charge >= 0.3 is 5.97 Å². The van der Waals surface area contributed by atoms with E-state index in [1.807, 2.05) is 42.5 Å². The number of rotatable bonds is 2. The van der Waals surface area contributed by atoms with Crippen molar-refractivity contribution >= 4 is 11.9 Å². The summed E-state index contributed by atoms with van der Waals surface area (Å²) in [4.78, 5) is 25.7. The monoisotopic (exact) mass is 571 g/mol. The van der Waals surface area contributed by atoms with E-state index in [2.05, 4.69) is 5.32 Å². The number of amides is 1. The minimum atomic E-state index is -2.01. The molecule has 1 aromatic carbocycles. The van der Waals surface area contributed by atoms with Gasteiger partial charge < -0.3 is 30.1 Å². The molecule has 0 radical (unpaired) electrons. The zero-order valence-corrected chi connectivity index (χ0v) is 23.8. The van der Waals surface area contributed by atoms with E-state index in [0.717, 1.165) is 5.56 Å². The maximum absolute atomic E-state index is 13.2. The highest BCUT2D eigenvalue weighted by Gasteiger charge is 2.53. The lowest BCUT2D eigenvalue weighted by Gasteiger charge is -2.29. The molecular weight excluding hydrogens is 534 g/mol. The predicted octanol–water partition coefficient (Wildman–Crippen LogP) is 4.77. The third-order valence-electron chi connectivity index (χ3n) is 6.69. The van der Waals surface area contributed by atoms with E-state index in [-0.39, 0.29) is 17.5 Å². The number of carbonyl (C=O) groups excluding carboxylic acids is 2. The van der Waals surface area contributed by atoms with Crippen LogP contribution in [0, 0.1) is 5.41 Å². The predicted molar refractivity (Wildman–Crippen MR) is 162 cm³/mol. The molecule has 2 aliphatic rings. The average Bonchev–Trinajstić information content (AvgIpc) is 3.14. The minimum absolute atomic E-state index is 0.224. The molecule has 1 aliphatic heterocycles. The van der Waals surface area contributed by atoms with Crippen LogP contribution in [0.4, 0.5) is 0 Å². The molecule has 0 unspecified atom stereocenters. The maximum Gasteiger partial charge on any atom is 0.341 e. The lowest BCUT2D eigenvalue weighted by atomic mass is 9.80. The Bertz CT molecular complexity index is 1380. The summed E-state index contributed by atoms with van der Waals surface area (Å²) in [5.74, 6) is -3.74. The highest BCUT2D eigenvalue weighted by molar-refractivity contribution is 5.93. The fourth-order valence-electron chi connectivity index (χ4n) is 4.48. The van der Waals surface area contributed by atoms with E-state index < -0.39 is 35.1 Å². The van der Waals surface area contributed by atoms with Crippen molar-refractivity contribution in [1.82, 2.24) is 5.32 Å². The van der Waals surface area contributed by atoms with Gasteiger partial charge in [0, 0.05) is 20.1 Å². The van der Waals surface area contributed by atoms with Crippen molar-refractivity contribution in [3.63, 3.8) is 0 Å². The van der Waals surface area contributed by atoms with Gasteiger partial charge in [-0.05, 0) is 18.6 Å². The molecule has 1 aliphatic carbocycles. The molecule has 0 spiro atoms. The highest BCUT2D eigenvalue weighted by Crippen LogP contribution is 2.45. The van der Waals surface area contributed by atoms with Gasteiger partial charge in [0.2, 0.25) is 11.7 Å². The zero-order valence-electron chi connectivity index (χ0n) is 23.8. The van der Waals surface area contributed by atoms with Crippen LogP contribution in [0.5, 0.6) is 0 Å². The second-order valence-corrected chi connectivity index (χ2v) is 9.99.